The van der Waals surface area contributed by atoms with Crippen LogP contribution in [0.15, 0.2) is 485 Å². The summed E-state index contributed by atoms with van der Waals surface area (Å²) in [6.45, 7) is 0. The maximum atomic E-state index is 7.75. The van der Waals surface area contributed by atoms with Gasteiger partial charge in [0.05, 0.1) is 32.1 Å². The first kappa shape index (κ1) is 76.6. The molecule has 0 saturated carbocycles. The highest BCUT2D eigenvalue weighted by atomic mass is 35.5. The van der Waals surface area contributed by atoms with Gasteiger partial charge in [0.25, 0.3) is 0 Å². The van der Waals surface area contributed by atoms with E-state index in [0.29, 0.717) is 15.1 Å². The molecule has 1 N–H and O–H groups in total. The van der Waals surface area contributed by atoms with Crippen molar-refractivity contribution in [3.63, 3.8) is 0 Å². The Hall–Kier alpha value is -14.4. The van der Waals surface area contributed by atoms with Crippen molar-refractivity contribution in [2.45, 2.75) is 0 Å². The van der Waals surface area contributed by atoms with Crippen LogP contribution in [0.1, 0.15) is 0 Å². The summed E-state index contributed by atoms with van der Waals surface area (Å²) in [4.78, 5) is 11.2. The van der Waals surface area contributed by atoms with Gasteiger partial charge < -0.3 is 29.8 Å². The van der Waals surface area contributed by atoms with Gasteiger partial charge in [-0.05, 0) is 226 Å². The minimum atomic E-state index is 0.515. The molecule has 0 atom stereocenters. The largest absolute Gasteiger partial charge is 0.356 e. The molecule has 0 fully saturated rings. The van der Waals surface area contributed by atoms with Crippen LogP contribution in [0, 0.1) is 0 Å². The van der Waals surface area contributed by atoms with Crippen LogP contribution in [0.2, 0.25) is 15.1 Å². The number of rotatable bonds is 21. The van der Waals surface area contributed by atoms with Gasteiger partial charge in [-0.25, -0.2) is 0 Å². The molecule has 0 aliphatic carbocycles. The molecule has 0 unspecified atom stereocenters. The molecule has 18 aromatic carbocycles. The van der Waals surface area contributed by atoms with Gasteiger partial charge in [-0.1, -0.05) is 338 Å². The number of halogens is 3. The number of hydrogen-bond donors (Lipinski definition) is 1. The summed E-state index contributed by atoms with van der Waals surface area (Å²) in [6.07, 6.45) is 0. The van der Waals surface area contributed by atoms with Crippen molar-refractivity contribution < 1.29 is 0 Å². The number of anilines is 17. The number of para-hydroxylation sites is 6. The number of nitrogens with one attached hydrogen (secondary N) is 1. The maximum Gasteiger partial charge on any atom is 0.0887 e. The molecular weight excluding hydrogens is 1490 g/mol. The zero-order valence-corrected chi connectivity index (χ0v) is 66.3. The molecule has 0 spiro atoms. The van der Waals surface area contributed by atoms with Crippen molar-refractivity contribution in [2.75, 3.05) is 29.8 Å². The fraction of sp³-hybridized carbons (Fsp3) is 0. The van der Waals surface area contributed by atoms with Crippen LogP contribution >= 0.6 is 34.8 Å². The Bertz CT molecular complexity index is 5910. The van der Waals surface area contributed by atoms with Crippen molar-refractivity contribution in [2.24, 2.45) is 0 Å². The molecule has 0 radical (unpaired) electrons. The quantitative estimate of drug-likeness (QED) is 0.0771. The highest BCUT2D eigenvalue weighted by Crippen LogP contribution is 2.50. The molecule has 117 heavy (non-hydrogen) atoms. The number of hydrogen-bond acceptors (Lipinski definition) is 6. The number of nitrogens with zero attached hydrogens (tertiary/aromatic N) is 5. The molecule has 6 nitrogen and oxygen atoms in total. The Kier molecular flexibility index (Phi) is 24.6. The fourth-order valence-electron chi connectivity index (χ4n) is 14.5. The Balaban J connectivity index is 0.000000146. The van der Waals surface area contributed by atoms with Crippen molar-refractivity contribution in [1.29, 1.82) is 0 Å². The summed E-state index contributed by atoms with van der Waals surface area (Å²) in [5, 5.41) is 5.12. The Morgan fingerprint density at radius 2 is 0.333 bits per heavy atom. The Morgan fingerprint density at radius 3 is 0.615 bits per heavy atom. The zero-order chi connectivity index (χ0) is 79.3. The summed E-state index contributed by atoms with van der Waals surface area (Å²) in [6, 6.07) is 168. The molecule has 9 heteroatoms. The molecule has 0 aliphatic rings. The highest BCUT2D eigenvalue weighted by Gasteiger charge is 2.25. The Labute approximate surface area is 701 Å². The van der Waals surface area contributed by atoms with E-state index < -0.39 is 0 Å². The summed E-state index contributed by atoms with van der Waals surface area (Å²) in [7, 11) is 0. The highest BCUT2D eigenvalue weighted by molar-refractivity contribution is 6.44. The molecule has 0 heterocycles. The third-order valence-electron chi connectivity index (χ3n) is 20.1. The monoisotopic (exact) mass is 1570 g/mol. The van der Waals surface area contributed by atoms with Crippen LogP contribution in [-0.2, 0) is 0 Å². The van der Waals surface area contributed by atoms with E-state index in [1.54, 1.807) is 6.07 Å². The third-order valence-corrected chi connectivity index (χ3v) is 21.3. The molecule has 0 saturated heterocycles. The van der Waals surface area contributed by atoms with E-state index in [2.05, 4.69) is 424 Å². The predicted octanol–water partition coefficient (Wildman–Crippen LogP) is 32.8. The summed E-state index contributed by atoms with van der Waals surface area (Å²) < 4.78 is 0. The second kappa shape index (κ2) is 37.5. The molecule has 0 aliphatic heterocycles. The van der Waals surface area contributed by atoms with Crippen LogP contribution in [0.4, 0.5) is 96.7 Å². The fourth-order valence-corrected chi connectivity index (χ4v) is 15.2. The first-order valence-corrected chi connectivity index (χ1v) is 40.1. The van der Waals surface area contributed by atoms with Crippen LogP contribution < -0.4 is 29.8 Å². The van der Waals surface area contributed by atoms with Gasteiger partial charge in [-0.2, -0.15) is 0 Å². The average molecular weight is 1570 g/mol. The van der Waals surface area contributed by atoms with Crippen LogP contribution in [0.5, 0.6) is 0 Å². The van der Waals surface area contributed by atoms with Crippen LogP contribution in [-0.4, -0.2) is 0 Å². The van der Waals surface area contributed by atoms with E-state index in [1.807, 2.05) is 84.9 Å². The standard InChI is InChI=1S/C54H40ClN3.C30H22Cl2N2.C24H19N/c55-54-52(57(48-36-32-43(33-37-48)41-18-6-1-7-19-41)49-38-34-44(35-39-49)42-20-8-2-9-21-42)30-17-31-53(54)58(47-26-14-5-15-27-47)51-29-16-28-50(40-51)56(45-22-10-3-11-23-45)46-24-12-4-13-25-46;31-28-20-11-21-29(30(28)32)34(25-16-8-3-9-17-25)27-19-10-18-26(22-27)33(23-12-4-1-5-13-23)24-14-6-2-7-15-24;1-3-7-19(8-4-1)21-11-15-23(16-12-21)25-24-17-13-22(14-18-24)20-9-5-2-6-10-20/h1-40H;1-22H;1-18,25H. The van der Waals surface area contributed by atoms with Crippen molar-refractivity contribution >= 4 is 131 Å². The number of benzene rings is 18. The van der Waals surface area contributed by atoms with Crippen molar-refractivity contribution in [1.82, 2.24) is 0 Å². The topological polar surface area (TPSA) is 28.2 Å². The molecule has 564 valence electrons. The smallest absolute Gasteiger partial charge is 0.0887 e. The first-order valence-electron chi connectivity index (χ1n) is 38.9. The minimum Gasteiger partial charge on any atom is -0.356 e. The van der Waals surface area contributed by atoms with Gasteiger partial charge in [0, 0.05) is 79.6 Å². The van der Waals surface area contributed by atoms with Crippen molar-refractivity contribution in [3.8, 4) is 44.5 Å². The summed E-state index contributed by atoms with van der Waals surface area (Å²) in [5.74, 6) is 0. The molecule has 18 aromatic rings. The van der Waals surface area contributed by atoms with Crippen molar-refractivity contribution in [3.05, 3.63) is 500 Å². The molecule has 18 rings (SSSR count). The van der Waals surface area contributed by atoms with Gasteiger partial charge in [0.15, 0.2) is 0 Å². The lowest BCUT2D eigenvalue weighted by Crippen LogP contribution is -2.15. The molecular formula is C108H81Cl3N6. The van der Waals surface area contributed by atoms with E-state index in [0.717, 1.165) is 108 Å². The zero-order valence-electron chi connectivity index (χ0n) is 64.1. The second-order valence-electron chi connectivity index (χ2n) is 27.8. The molecule has 0 amide bonds. The van der Waals surface area contributed by atoms with E-state index in [1.165, 1.54) is 33.4 Å². The van der Waals surface area contributed by atoms with E-state index >= 15 is 0 Å². The van der Waals surface area contributed by atoms with E-state index in [4.69, 9.17) is 34.8 Å². The van der Waals surface area contributed by atoms with E-state index in [-0.39, 0.29) is 0 Å². The van der Waals surface area contributed by atoms with Gasteiger partial charge >= 0.3 is 0 Å². The second-order valence-corrected chi connectivity index (χ2v) is 28.9. The van der Waals surface area contributed by atoms with E-state index in [9.17, 15) is 0 Å². The molecule has 0 aromatic heterocycles. The van der Waals surface area contributed by atoms with Gasteiger partial charge in [0.2, 0.25) is 0 Å². The predicted molar refractivity (Wildman–Crippen MR) is 499 cm³/mol. The first-order chi connectivity index (χ1) is 57.8. The van der Waals surface area contributed by atoms with Gasteiger partial charge in [-0.15, -0.1) is 0 Å². The third kappa shape index (κ3) is 18.5. The summed E-state index contributed by atoms with van der Waals surface area (Å²) in [5.41, 5.74) is 26.6. The molecule has 0 bridgehead atoms. The Morgan fingerprint density at radius 1 is 0.145 bits per heavy atom. The average Bonchev–Trinajstić information content (AvgIpc) is 0.772. The van der Waals surface area contributed by atoms with Gasteiger partial charge in [0.1, 0.15) is 0 Å². The normalized spacial score (nSPS) is 10.7. The van der Waals surface area contributed by atoms with Crippen LogP contribution in [0.25, 0.3) is 44.5 Å². The lowest BCUT2D eigenvalue weighted by atomic mass is 10.0. The summed E-state index contributed by atoms with van der Waals surface area (Å²) >= 11 is 20.9. The lowest BCUT2D eigenvalue weighted by molar-refractivity contribution is 1.24. The minimum absolute atomic E-state index is 0.515. The SMILES string of the molecule is Clc1c(N(c2ccc(-c3ccccc3)cc2)c2ccc(-c3ccccc3)cc2)cccc1N(c1ccccc1)c1cccc(N(c2ccccc2)c2ccccc2)c1.Clc1cccc(N(c2ccccc2)c2cccc(N(c3ccccc3)c3ccccc3)c2)c1Cl.c1ccc(-c2ccc(Nc3ccc(-c4ccccc4)cc3)cc2)cc1. The van der Waals surface area contributed by atoms with Crippen LogP contribution in [0.3, 0.4) is 0 Å². The van der Waals surface area contributed by atoms with Gasteiger partial charge in [-0.3, -0.25) is 0 Å². The lowest BCUT2D eigenvalue weighted by Gasteiger charge is -2.32. The maximum absolute atomic E-state index is 7.75.